The Bertz CT molecular complexity index is 196. The zero-order valence-electron chi connectivity index (χ0n) is 11.5. The normalized spacial score (nSPS) is 11.2. The van der Waals surface area contributed by atoms with Gasteiger partial charge in [-0.15, -0.1) is 0 Å². The average molecular weight is 244 g/mol. The monoisotopic (exact) mass is 244 g/mol. The number of aliphatic hydroxyl groups excluding tert-OH is 1. The van der Waals surface area contributed by atoms with Crippen molar-refractivity contribution >= 4 is 5.91 Å². The first kappa shape index (κ1) is 16.4. The van der Waals surface area contributed by atoms with Crippen LogP contribution in [0.5, 0.6) is 0 Å². The Morgan fingerprint density at radius 1 is 1.35 bits per heavy atom. The number of unbranched alkanes of at least 4 members (excludes halogenated alkanes) is 1. The van der Waals surface area contributed by atoms with Crippen molar-refractivity contribution < 1.29 is 9.90 Å². The maximum absolute atomic E-state index is 11.6. The molecule has 4 nitrogen and oxygen atoms in total. The number of aliphatic hydroxyl groups is 1. The SMILES string of the molecule is CCCCN(CCO)CC(=O)NCCC(C)C. The van der Waals surface area contributed by atoms with Crippen molar-refractivity contribution in [3.05, 3.63) is 0 Å². The number of nitrogens with zero attached hydrogens (tertiary/aromatic N) is 1. The highest BCUT2D eigenvalue weighted by molar-refractivity contribution is 5.77. The van der Waals surface area contributed by atoms with Gasteiger partial charge in [0, 0.05) is 13.1 Å². The molecule has 0 bridgehead atoms. The molecular weight excluding hydrogens is 216 g/mol. The Kier molecular flexibility index (Phi) is 10.2. The van der Waals surface area contributed by atoms with Gasteiger partial charge in [0.1, 0.15) is 0 Å². The summed E-state index contributed by atoms with van der Waals surface area (Å²) in [6.07, 6.45) is 3.19. The van der Waals surface area contributed by atoms with E-state index in [1.54, 1.807) is 0 Å². The third kappa shape index (κ3) is 10.3. The first-order chi connectivity index (χ1) is 8.10. The van der Waals surface area contributed by atoms with Gasteiger partial charge in [-0.25, -0.2) is 0 Å². The van der Waals surface area contributed by atoms with Crippen LogP contribution < -0.4 is 5.32 Å². The summed E-state index contributed by atoms with van der Waals surface area (Å²) < 4.78 is 0. The quantitative estimate of drug-likeness (QED) is 0.608. The molecule has 1 amide bonds. The van der Waals surface area contributed by atoms with E-state index in [1.807, 2.05) is 4.90 Å². The van der Waals surface area contributed by atoms with Gasteiger partial charge < -0.3 is 10.4 Å². The second-order valence-corrected chi connectivity index (χ2v) is 4.89. The number of carbonyl (C=O) groups is 1. The topological polar surface area (TPSA) is 52.6 Å². The molecule has 0 aromatic carbocycles. The maximum atomic E-state index is 11.6. The van der Waals surface area contributed by atoms with E-state index in [2.05, 4.69) is 26.1 Å². The van der Waals surface area contributed by atoms with Gasteiger partial charge in [0.25, 0.3) is 0 Å². The van der Waals surface area contributed by atoms with Crippen molar-refractivity contribution in [2.45, 2.75) is 40.0 Å². The summed E-state index contributed by atoms with van der Waals surface area (Å²) in [5, 5.41) is 11.8. The molecule has 0 saturated heterocycles. The minimum Gasteiger partial charge on any atom is -0.395 e. The van der Waals surface area contributed by atoms with Crippen LogP contribution in [0.15, 0.2) is 0 Å². The van der Waals surface area contributed by atoms with Gasteiger partial charge in [-0.2, -0.15) is 0 Å². The molecule has 2 N–H and O–H groups in total. The van der Waals surface area contributed by atoms with Crippen molar-refractivity contribution in [3.63, 3.8) is 0 Å². The lowest BCUT2D eigenvalue weighted by molar-refractivity contribution is -0.122. The molecular formula is C13H28N2O2. The molecule has 0 aliphatic rings. The van der Waals surface area contributed by atoms with E-state index in [4.69, 9.17) is 5.11 Å². The lowest BCUT2D eigenvalue weighted by atomic mass is 10.1. The Morgan fingerprint density at radius 3 is 2.59 bits per heavy atom. The zero-order chi connectivity index (χ0) is 13.1. The highest BCUT2D eigenvalue weighted by Gasteiger charge is 2.09. The van der Waals surface area contributed by atoms with Crippen LogP contribution >= 0.6 is 0 Å². The molecule has 0 aliphatic heterocycles. The van der Waals surface area contributed by atoms with E-state index in [-0.39, 0.29) is 12.5 Å². The van der Waals surface area contributed by atoms with Crippen molar-refractivity contribution in [2.24, 2.45) is 5.92 Å². The molecule has 0 heterocycles. The number of rotatable bonds is 10. The van der Waals surface area contributed by atoms with Gasteiger partial charge in [-0.05, 0) is 25.3 Å². The Hall–Kier alpha value is -0.610. The molecule has 0 fully saturated rings. The molecule has 0 saturated carbocycles. The van der Waals surface area contributed by atoms with Crippen LogP contribution in [0, 0.1) is 5.92 Å². The lowest BCUT2D eigenvalue weighted by Gasteiger charge is -2.20. The number of hydrogen-bond donors (Lipinski definition) is 2. The van der Waals surface area contributed by atoms with E-state index in [0.29, 0.717) is 19.0 Å². The summed E-state index contributed by atoms with van der Waals surface area (Å²) >= 11 is 0. The van der Waals surface area contributed by atoms with Crippen LogP contribution in [0.25, 0.3) is 0 Å². The molecule has 0 radical (unpaired) electrons. The van der Waals surface area contributed by atoms with Crippen LogP contribution in [-0.2, 0) is 4.79 Å². The molecule has 4 heteroatoms. The number of nitrogens with one attached hydrogen (secondary N) is 1. The highest BCUT2D eigenvalue weighted by Crippen LogP contribution is 1.97. The van der Waals surface area contributed by atoms with Gasteiger partial charge in [0.2, 0.25) is 5.91 Å². The van der Waals surface area contributed by atoms with Gasteiger partial charge in [-0.1, -0.05) is 27.2 Å². The summed E-state index contributed by atoms with van der Waals surface area (Å²) in [4.78, 5) is 13.6. The van der Waals surface area contributed by atoms with E-state index in [1.165, 1.54) is 0 Å². The molecule has 102 valence electrons. The summed E-state index contributed by atoms with van der Waals surface area (Å²) in [5.41, 5.74) is 0. The minimum absolute atomic E-state index is 0.0650. The van der Waals surface area contributed by atoms with Crippen molar-refractivity contribution in [1.82, 2.24) is 10.2 Å². The largest absolute Gasteiger partial charge is 0.395 e. The third-order valence-corrected chi connectivity index (χ3v) is 2.66. The average Bonchev–Trinajstić information content (AvgIpc) is 2.25. The van der Waals surface area contributed by atoms with Gasteiger partial charge in [0.15, 0.2) is 0 Å². The second kappa shape index (κ2) is 10.5. The van der Waals surface area contributed by atoms with Crippen LogP contribution in [0.1, 0.15) is 40.0 Å². The summed E-state index contributed by atoms with van der Waals surface area (Å²) in [7, 11) is 0. The van der Waals surface area contributed by atoms with E-state index < -0.39 is 0 Å². The number of hydrogen-bond acceptors (Lipinski definition) is 3. The summed E-state index contributed by atoms with van der Waals surface area (Å²) in [5.74, 6) is 0.680. The number of carbonyl (C=O) groups excluding carboxylic acids is 1. The zero-order valence-corrected chi connectivity index (χ0v) is 11.5. The van der Waals surface area contributed by atoms with Crippen molar-refractivity contribution in [2.75, 3.05) is 32.8 Å². The third-order valence-electron chi connectivity index (χ3n) is 2.66. The Morgan fingerprint density at radius 2 is 2.06 bits per heavy atom. The molecule has 0 unspecified atom stereocenters. The predicted octanol–water partition coefficient (Wildman–Crippen LogP) is 1.24. The number of amides is 1. The fourth-order valence-electron chi connectivity index (χ4n) is 1.55. The molecule has 0 aliphatic carbocycles. The highest BCUT2D eigenvalue weighted by atomic mass is 16.3. The van der Waals surface area contributed by atoms with Gasteiger partial charge in [-0.3, -0.25) is 9.69 Å². The van der Waals surface area contributed by atoms with Crippen LogP contribution in [0.3, 0.4) is 0 Å². The van der Waals surface area contributed by atoms with Gasteiger partial charge >= 0.3 is 0 Å². The minimum atomic E-state index is 0.0650. The van der Waals surface area contributed by atoms with Gasteiger partial charge in [0.05, 0.1) is 13.2 Å². The van der Waals surface area contributed by atoms with E-state index >= 15 is 0 Å². The van der Waals surface area contributed by atoms with E-state index in [9.17, 15) is 4.79 Å². The van der Waals surface area contributed by atoms with Crippen LogP contribution in [0.2, 0.25) is 0 Å². The van der Waals surface area contributed by atoms with Crippen LogP contribution in [-0.4, -0.2) is 48.7 Å². The second-order valence-electron chi connectivity index (χ2n) is 4.89. The lowest BCUT2D eigenvalue weighted by Crippen LogP contribution is -2.39. The molecule has 17 heavy (non-hydrogen) atoms. The standard InChI is InChI=1S/C13H28N2O2/c1-4-5-8-15(9-10-16)11-13(17)14-7-6-12(2)3/h12,16H,4-11H2,1-3H3,(H,14,17). The maximum Gasteiger partial charge on any atom is 0.234 e. The predicted molar refractivity (Wildman–Crippen MR) is 70.9 cm³/mol. The van der Waals surface area contributed by atoms with E-state index in [0.717, 1.165) is 32.4 Å². The fraction of sp³-hybridized carbons (Fsp3) is 0.923. The molecule has 0 aromatic heterocycles. The molecule has 0 atom stereocenters. The Labute approximate surface area is 105 Å². The fourth-order valence-corrected chi connectivity index (χ4v) is 1.55. The van der Waals surface area contributed by atoms with Crippen molar-refractivity contribution in [3.8, 4) is 0 Å². The molecule has 0 aromatic rings. The summed E-state index contributed by atoms with van der Waals surface area (Å²) in [6.45, 7) is 9.14. The first-order valence-electron chi connectivity index (χ1n) is 6.70. The summed E-state index contributed by atoms with van der Waals surface area (Å²) in [6, 6.07) is 0. The van der Waals surface area contributed by atoms with Crippen molar-refractivity contribution in [1.29, 1.82) is 0 Å². The smallest absolute Gasteiger partial charge is 0.234 e. The Balaban J connectivity index is 3.77. The van der Waals surface area contributed by atoms with Crippen LogP contribution in [0.4, 0.5) is 0 Å². The first-order valence-corrected chi connectivity index (χ1v) is 6.70. The molecule has 0 rings (SSSR count). The molecule has 0 spiro atoms.